The minimum Gasteiger partial charge on any atom is -0.384 e. The Hall–Kier alpha value is -1.56. The SMILES string of the molecule is CCNc1cc(C)nc(C)c1C#N. The molecule has 68 valence electrons. The normalized spacial score (nSPS) is 9.38. The third-order valence-corrected chi connectivity index (χ3v) is 1.81. The van der Waals surface area contributed by atoms with E-state index in [4.69, 9.17) is 5.26 Å². The first kappa shape index (κ1) is 9.53. The zero-order valence-electron chi connectivity index (χ0n) is 8.18. The lowest BCUT2D eigenvalue weighted by molar-refractivity contribution is 1.09. The van der Waals surface area contributed by atoms with Crippen LogP contribution in [0.15, 0.2) is 6.07 Å². The second kappa shape index (κ2) is 3.90. The topological polar surface area (TPSA) is 48.7 Å². The first-order valence-electron chi connectivity index (χ1n) is 4.31. The van der Waals surface area contributed by atoms with Gasteiger partial charge in [0.25, 0.3) is 0 Å². The number of pyridine rings is 1. The third-order valence-electron chi connectivity index (χ3n) is 1.81. The molecule has 0 radical (unpaired) electrons. The van der Waals surface area contributed by atoms with Gasteiger partial charge < -0.3 is 5.32 Å². The molecular weight excluding hydrogens is 162 g/mol. The molecule has 0 spiro atoms. The average molecular weight is 175 g/mol. The van der Waals surface area contributed by atoms with Gasteiger partial charge in [0.2, 0.25) is 0 Å². The second-order valence-electron chi connectivity index (χ2n) is 2.91. The van der Waals surface area contributed by atoms with Gasteiger partial charge in [0, 0.05) is 12.2 Å². The molecule has 0 saturated heterocycles. The van der Waals surface area contributed by atoms with Crippen molar-refractivity contribution in [3.63, 3.8) is 0 Å². The lowest BCUT2D eigenvalue weighted by Crippen LogP contribution is -2.02. The molecule has 3 heteroatoms. The molecule has 0 aliphatic rings. The summed E-state index contributed by atoms with van der Waals surface area (Å²) in [6, 6.07) is 4.05. The van der Waals surface area contributed by atoms with Crippen LogP contribution in [0.2, 0.25) is 0 Å². The zero-order chi connectivity index (χ0) is 9.84. The van der Waals surface area contributed by atoms with Crippen molar-refractivity contribution in [2.45, 2.75) is 20.8 Å². The van der Waals surface area contributed by atoms with Crippen molar-refractivity contribution in [3.05, 3.63) is 23.0 Å². The summed E-state index contributed by atoms with van der Waals surface area (Å²) in [5, 5.41) is 12.0. The largest absolute Gasteiger partial charge is 0.384 e. The van der Waals surface area contributed by atoms with E-state index in [0.717, 1.165) is 23.6 Å². The van der Waals surface area contributed by atoms with Crippen LogP contribution in [0.4, 0.5) is 5.69 Å². The molecule has 0 bridgehead atoms. The van der Waals surface area contributed by atoms with E-state index in [9.17, 15) is 0 Å². The summed E-state index contributed by atoms with van der Waals surface area (Å²) in [6.45, 7) is 6.60. The molecule has 13 heavy (non-hydrogen) atoms. The maximum absolute atomic E-state index is 8.89. The van der Waals surface area contributed by atoms with Crippen molar-refractivity contribution < 1.29 is 0 Å². The quantitative estimate of drug-likeness (QED) is 0.747. The van der Waals surface area contributed by atoms with E-state index < -0.39 is 0 Å². The van der Waals surface area contributed by atoms with E-state index in [0.29, 0.717) is 5.56 Å². The Kier molecular flexibility index (Phi) is 2.86. The third kappa shape index (κ3) is 1.97. The molecule has 0 saturated carbocycles. The van der Waals surface area contributed by atoms with Crippen LogP contribution in [0, 0.1) is 25.2 Å². The highest BCUT2D eigenvalue weighted by Gasteiger charge is 2.06. The average Bonchev–Trinajstić information content (AvgIpc) is 2.04. The Labute approximate surface area is 78.4 Å². The maximum Gasteiger partial charge on any atom is 0.103 e. The molecule has 0 aliphatic carbocycles. The number of aryl methyl sites for hydroxylation is 2. The van der Waals surface area contributed by atoms with Crippen LogP contribution in [-0.4, -0.2) is 11.5 Å². The zero-order valence-corrected chi connectivity index (χ0v) is 8.18. The van der Waals surface area contributed by atoms with Gasteiger partial charge in [-0.25, -0.2) is 0 Å². The van der Waals surface area contributed by atoms with Crippen LogP contribution >= 0.6 is 0 Å². The van der Waals surface area contributed by atoms with Gasteiger partial charge in [0.1, 0.15) is 6.07 Å². The summed E-state index contributed by atoms with van der Waals surface area (Å²) in [5.74, 6) is 0. The van der Waals surface area contributed by atoms with E-state index in [2.05, 4.69) is 16.4 Å². The minimum atomic E-state index is 0.646. The van der Waals surface area contributed by atoms with E-state index in [1.807, 2.05) is 26.8 Å². The summed E-state index contributed by atoms with van der Waals surface area (Å²) in [7, 11) is 0. The van der Waals surface area contributed by atoms with Crippen LogP contribution in [-0.2, 0) is 0 Å². The molecule has 3 nitrogen and oxygen atoms in total. The van der Waals surface area contributed by atoms with Gasteiger partial charge in [-0.3, -0.25) is 4.98 Å². The number of aromatic nitrogens is 1. The molecule has 0 fully saturated rings. The van der Waals surface area contributed by atoms with Crippen molar-refractivity contribution in [2.24, 2.45) is 0 Å². The Bertz CT molecular complexity index is 350. The number of nitriles is 1. The fraction of sp³-hybridized carbons (Fsp3) is 0.400. The van der Waals surface area contributed by atoms with E-state index in [-0.39, 0.29) is 0 Å². The van der Waals surface area contributed by atoms with Gasteiger partial charge in [-0.2, -0.15) is 5.26 Å². The monoisotopic (exact) mass is 175 g/mol. The molecule has 0 aliphatic heterocycles. The molecule has 0 amide bonds. The summed E-state index contributed by atoms with van der Waals surface area (Å²) in [5.41, 5.74) is 3.26. The molecule has 1 rings (SSSR count). The predicted molar refractivity (Wildman–Crippen MR) is 52.6 cm³/mol. The van der Waals surface area contributed by atoms with Crippen LogP contribution < -0.4 is 5.32 Å². The molecule has 1 aromatic rings. The van der Waals surface area contributed by atoms with E-state index in [1.54, 1.807) is 0 Å². The number of rotatable bonds is 2. The molecule has 0 aromatic carbocycles. The highest BCUT2D eigenvalue weighted by Crippen LogP contribution is 2.17. The van der Waals surface area contributed by atoms with Gasteiger partial charge in [0.15, 0.2) is 0 Å². The number of nitrogens with zero attached hydrogens (tertiary/aromatic N) is 2. The summed E-state index contributed by atoms with van der Waals surface area (Å²) in [4.78, 5) is 4.22. The fourth-order valence-corrected chi connectivity index (χ4v) is 1.30. The molecular formula is C10H13N3. The smallest absolute Gasteiger partial charge is 0.103 e. The van der Waals surface area contributed by atoms with Crippen molar-refractivity contribution in [3.8, 4) is 6.07 Å². The Morgan fingerprint density at radius 3 is 2.77 bits per heavy atom. The number of hydrogen-bond acceptors (Lipinski definition) is 3. The Morgan fingerprint density at radius 2 is 2.23 bits per heavy atom. The van der Waals surface area contributed by atoms with Gasteiger partial charge in [-0.15, -0.1) is 0 Å². The van der Waals surface area contributed by atoms with Crippen molar-refractivity contribution >= 4 is 5.69 Å². The van der Waals surface area contributed by atoms with Crippen LogP contribution in [0.3, 0.4) is 0 Å². The summed E-state index contributed by atoms with van der Waals surface area (Å²) < 4.78 is 0. The summed E-state index contributed by atoms with van der Waals surface area (Å²) >= 11 is 0. The molecule has 1 aromatic heterocycles. The Balaban J connectivity index is 3.23. The second-order valence-corrected chi connectivity index (χ2v) is 2.91. The number of nitrogens with one attached hydrogen (secondary N) is 1. The lowest BCUT2D eigenvalue weighted by atomic mass is 10.1. The van der Waals surface area contributed by atoms with Crippen molar-refractivity contribution in [1.82, 2.24) is 4.98 Å². The molecule has 1 N–H and O–H groups in total. The van der Waals surface area contributed by atoms with Crippen LogP contribution in [0.25, 0.3) is 0 Å². The summed E-state index contributed by atoms with van der Waals surface area (Å²) in [6.07, 6.45) is 0. The first-order chi connectivity index (χ1) is 6.19. The van der Waals surface area contributed by atoms with Crippen LogP contribution in [0.5, 0.6) is 0 Å². The van der Waals surface area contributed by atoms with Gasteiger partial charge in [-0.1, -0.05) is 0 Å². The van der Waals surface area contributed by atoms with E-state index >= 15 is 0 Å². The van der Waals surface area contributed by atoms with Gasteiger partial charge in [-0.05, 0) is 26.8 Å². The van der Waals surface area contributed by atoms with Crippen molar-refractivity contribution in [1.29, 1.82) is 5.26 Å². The minimum absolute atomic E-state index is 0.646. The maximum atomic E-state index is 8.89. The molecule has 0 atom stereocenters. The number of anilines is 1. The highest BCUT2D eigenvalue weighted by molar-refractivity contribution is 5.59. The fourth-order valence-electron chi connectivity index (χ4n) is 1.30. The van der Waals surface area contributed by atoms with Gasteiger partial charge in [0.05, 0.1) is 16.9 Å². The van der Waals surface area contributed by atoms with Crippen LogP contribution in [0.1, 0.15) is 23.9 Å². The predicted octanol–water partition coefficient (Wildman–Crippen LogP) is 2.00. The molecule has 1 heterocycles. The van der Waals surface area contributed by atoms with Gasteiger partial charge >= 0.3 is 0 Å². The standard InChI is InChI=1S/C10H13N3/c1-4-12-10-5-7(2)13-8(3)9(10)6-11/h5H,4H2,1-3H3,(H,12,13). The lowest BCUT2D eigenvalue weighted by Gasteiger charge is -2.08. The van der Waals surface area contributed by atoms with Crippen molar-refractivity contribution in [2.75, 3.05) is 11.9 Å². The first-order valence-corrected chi connectivity index (χ1v) is 4.31. The number of hydrogen-bond donors (Lipinski definition) is 1. The molecule has 0 unspecified atom stereocenters. The van der Waals surface area contributed by atoms with E-state index in [1.165, 1.54) is 0 Å². The highest BCUT2D eigenvalue weighted by atomic mass is 14.9. The Morgan fingerprint density at radius 1 is 1.54 bits per heavy atom.